The van der Waals surface area contributed by atoms with Crippen LogP contribution in [0, 0.1) is 0 Å². The molecule has 1 N–H and O–H groups in total. The molecule has 0 saturated heterocycles. The van der Waals surface area contributed by atoms with Crippen molar-refractivity contribution in [1.82, 2.24) is 9.80 Å². The van der Waals surface area contributed by atoms with Gasteiger partial charge in [-0.15, -0.1) is 0 Å². The van der Waals surface area contributed by atoms with E-state index in [1.807, 2.05) is 36.4 Å². The highest BCUT2D eigenvalue weighted by molar-refractivity contribution is 9.10. The van der Waals surface area contributed by atoms with Crippen molar-refractivity contribution < 1.29 is 28.2 Å². The minimum absolute atomic E-state index is 0.113. The second-order valence-corrected chi connectivity index (χ2v) is 9.10. The largest absolute Gasteiger partial charge is 0.493 e. The number of hydrogen-bond acceptors (Lipinski definition) is 6. The molecule has 1 heterocycles. The van der Waals surface area contributed by atoms with E-state index in [4.69, 9.17) is 18.6 Å². The summed E-state index contributed by atoms with van der Waals surface area (Å²) in [6.45, 7) is 1.14. The first-order valence-electron chi connectivity index (χ1n) is 11.7. The Bertz CT molecular complexity index is 1140. The van der Waals surface area contributed by atoms with Gasteiger partial charge in [-0.1, -0.05) is 22.0 Å². The summed E-state index contributed by atoms with van der Waals surface area (Å²) in [5, 5.41) is 2.84. The van der Waals surface area contributed by atoms with E-state index in [2.05, 4.69) is 21.2 Å². The zero-order valence-electron chi connectivity index (χ0n) is 21.2. The first-order valence-corrected chi connectivity index (χ1v) is 12.5. The molecule has 0 radical (unpaired) electrons. The van der Waals surface area contributed by atoms with Gasteiger partial charge < -0.3 is 33.7 Å². The third-order valence-corrected chi connectivity index (χ3v) is 6.20. The quantitative estimate of drug-likeness (QED) is 0.315. The molecule has 0 aliphatic carbocycles. The van der Waals surface area contributed by atoms with E-state index in [0.717, 1.165) is 10.0 Å². The Balaban J connectivity index is 1.72. The second-order valence-electron chi connectivity index (χ2n) is 8.19. The van der Waals surface area contributed by atoms with Crippen molar-refractivity contribution in [2.75, 3.05) is 52.9 Å². The Morgan fingerprint density at radius 3 is 2.35 bits per heavy atom. The minimum atomic E-state index is -0.384. The zero-order valence-corrected chi connectivity index (χ0v) is 22.8. The molecule has 198 valence electrons. The van der Waals surface area contributed by atoms with Gasteiger partial charge in [0.15, 0.2) is 11.5 Å². The molecule has 9 nitrogen and oxygen atoms in total. The fourth-order valence-electron chi connectivity index (χ4n) is 3.64. The van der Waals surface area contributed by atoms with Crippen LogP contribution in [0.4, 0.5) is 10.5 Å². The van der Waals surface area contributed by atoms with Crippen LogP contribution in [0.1, 0.15) is 11.3 Å². The van der Waals surface area contributed by atoms with Crippen LogP contribution in [0.2, 0.25) is 0 Å². The topological polar surface area (TPSA) is 93.5 Å². The predicted molar refractivity (Wildman–Crippen MR) is 144 cm³/mol. The summed E-state index contributed by atoms with van der Waals surface area (Å²) in [6.07, 6.45) is 2.15. The van der Waals surface area contributed by atoms with Gasteiger partial charge in [-0.2, -0.15) is 0 Å². The molecule has 0 bridgehead atoms. The number of hydrogen-bond donors (Lipinski definition) is 1. The average Bonchev–Trinajstić information content (AvgIpc) is 3.43. The maximum Gasteiger partial charge on any atom is 0.322 e. The summed E-state index contributed by atoms with van der Waals surface area (Å²) in [7, 11) is 4.73. The van der Waals surface area contributed by atoms with Crippen LogP contribution in [0.25, 0.3) is 0 Å². The molecule has 0 aliphatic rings. The number of halogens is 1. The van der Waals surface area contributed by atoms with E-state index in [0.29, 0.717) is 42.5 Å². The van der Waals surface area contributed by atoms with Gasteiger partial charge in [0.25, 0.3) is 0 Å². The maximum atomic E-state index is 13.5. The van der Waals surface area contributed by atoms with Crippen LogP contribution in [-0.2, 0) is 22.5 Å². The van der Waals surface area contributed by atoms with Crippen LogP contribution in [0.5, 0.6) is 11.5 Å². The Morgan fingerprint density at radius 2 is 1.70 bits per heavy atom. The Hall–Kier alpha value is -3.50. The molecule has 37 heavy (non-hydrogen) atoms. The van der Waals surface area contributed by atoms with Gasteiger partial charge in [-0.25, -0.2) is 4.79 Å². The van der Waals surface area contributed by atoms with Crippen LogP contribution < -0.4 is 14.8 Å². The summed E-state index contributed by atoms with van der Waals surface area (Å²) in [6, 6.07) is 16.1. The monoisotopic (exact) mass is 573 g/mol. The SMILES string of the molecule is COCCN(CC(=O)N(CCc1ccc(OC)c(OC)c1)Cc1ccco1)C(=O)Nc1ccc(Br)cc1. The van der Waals surface area contributed by atoms with Crippen molar-refractivity contribution >= 4 is 33.6 Å². The van der Waals surface area contributed by atoms with Gasteiger partial charge in [0, 0.05) is 30.4 Å². The third-order valence-electron chi connectivity index (χ3n) is 5.67. The van der Waals surface area contributed by atoms with Crippen LogP contribution in [0.3, 0.4) is 0 Å². The first-order chi connectivity index (χ1) is 17.9. The summed E-state index contributed by atoms with van der Waals surface area (Å²) in [4.78, 5) is 29.6. The molecule has 0 fully saturated rings. The van der Waals surface area contributed by atoms with Gasteiger partial charge in [0.1, 0.15) is 12.3 Å². The lowest BCUT2D eigenvalue weighted by Crippen LogP contribution is -2.46. The average molecular weight is 574 g/mol. The molecule has 3 aromatic rings. The lowest BCUT2D eigenvalue weighted by Gasteiger charge is -2.27. The number of methoxy groups -OCH3 is 3. The van der Waals surface area contributed by atoms with Gasteiger partial charge in [0.2, 0.25) is 5.91 Å². The number of nitrogens with zero attached hydrogens (tertiary/aromatic N) is 2. The number of benzene rings is 2. The Kier molecular flexibility index (Phi) is 10.8. The van der Waals surface area contributed by atoms with E-state index < -0.39 is 0 Å². The molecule has 0 aliphatic heterocycles. The van der Waals surface area contributed by atoms with Crippen molar-refractivity contribution in [2.45, 2.75) is 13.0 Å². The number of urea groups is 1. The molecule has 0 atom stereocenters. The molecule has 0 unspecified atom stereocenters. The van der Waals surface area contributed by atoms with Gasteiger partial charge in [-0.3, -0.25) is 4.79 Å². The van der Waals surface area contributed by atoms with Gasteiger partial charge >= 0.3 is 6.03 Å². The molecule has 10 heteroatoms. The molecular weight excluding hydrogens is 542 g/mol. The first kappa shape index (κ1) is 28.1. The van der Waals surface area contributed by atoms with Crippen molar-refractivity contribution in [3.63, 3.8) is 0 Å². The number of anilines is 1. The summed E-state index contributed by atoms with van der Waals surface area (Å²) in [5.41, 5.74) is 1.61. The van der Waals surface area contributed by atoms with Crippen LogP contribution in [-0.4, -0.2) is 69.3 Å². The third kappa shape index (κ3) is 8.54. The van der Waals surface area contributed by atoms with Gasteiger partial charge in [-0.05, 0) is 60.5 Å². The lowest BCUT2D eigenvalue weighted by atomic mass is 10.1. The van der Waals surface area contributed by atoms with E-state index in [1.54, 1.807) is 50.7 Å². The number of carbonyl (C=O) groups excluding carboxylic acids is 2. The zero-order chi connectivity index (χ0) is 26.6. The maximum absolute atomic E-state index is 13.5. The highest BCUT2D eigenvalue weighted by Gasteiger charge is 2.22. The molecule has 0 spiro atoms. The predicted octanol–water partition coefficient (Wildman–Crippen LogP) is 4.81. The Morgan fingerprint density at radius 1 is 0.946 bits per heavy atom. The highest BCUT2D eigenvalue weighted by Crippen LogP contribution is 2.28. The fourth-order valence-corrected chi connectivity index (χ4v) is 3.90. The number of rotatable bonds is 13. The van der Waals surface area contributed by atoms with E-state index in [9.17, 15) is 9.59 Å². The lowest BCUT2D eigenvalue weighted by molar-refractivity contribution is -0.132. The van der Waals surface area contributed by atoms with E-state index >= 15 is 0 Å². The molecule has 3 amide bonds. The smallest absolute Gasteiger partial charge is 0.322 e. The standard InChI is InChI=1S/C27H32BrN3O6/c1-34-16-14-31(27(33)29-22-9-7-21(28)8-10-22)19-26(32)30(18-23-5-4-15-37-23)13-12-20-6-11-24(35-2)25(17-20)36-3/h4-11,15,17H,12-14,16,18-19H2,1-3H3,(H,29,33). The van der Waals surface area contributed by atoms with E-state index in [1.165, 1.54) is 4.90 Å². The molecular formula is C27H32BrN3O6. The minimum Gasteiger partial charge on any atom is -0.493 e. The summed E-state index contributed by atoms with van der Waals surface area (Å²) >= 11 is 3.38. The van der Waals surface area contributed by atoms with Crippen LogP contribution in [0.15, 0.2) is 69.8 Å². The number of carbonyl (C=O) groups is 2. The summed E-state index contributed by atoms with van der Waals surface area (Å²) in [5.74, 6) is 1.71. The van der Waals surface area contributed by atoms with Crippen molar-refractivity contribution in [1.29, 1.82) is 0 Å². The molecule has 0 saturated carbocycles. The number of nitrogens with one attached hydrogen (secondary N) is 1. The van der Waals surface area contributed by atoms with E-state index in [-0.39, 0.29) is 31.6 Å². The molecule has 3 rings (SSSR count). The highest BCUT2D eigenvalue weighted by atomic mass is 79.9. The van der Waals surface area contributed by atoms with Crippen molar-refractivity contribution in [2.24, 2.45) is 0 Å². The number of amides is 3. The second kappa shape index (κ2) is 14.3. The molecule has 2 aromatic carbocycles. The Labute approximate surface area is 225 Å². The van der Waals surface area contributed by atoms with Crippen LogP contribution >= 0.6 is 15.9 Å². The number of furan rings is 1. The fraction of sp³-hybridized carbons (Fsp3) is 0.333. The summed E-state index contributed by atoms with van der Waals surface area (Å²) < 4.78 is 22.3. The van der Waals surface area contributed by atoms with Crippen molar-refractivity contribution in [3.05, 3.63) is 76.7 Å². The van der Waals surface area contributed by atoms with Gasteiger partial charge in [0.05, 0.1) is 33.6 Å². The normalized spacial score (nSPS) is 10.6. The molecule has 1 aromatic heterocycles. The number of ether oxygens (including phenoxy) is 3. The van der Waals surface area contributed by atoms with Crippen molar-refractivity contribution in [3.8, 4) is 11.5 Å².